The molecule has 1 aliphatic heterocycles. The van der Waals surface area contributed by atoms with E-state index < -0.39 is 0 Å². The Morgan fingerprint density at radius 3 is 2.77 bits per heavy atom. The molecule has 3 heterocycles. The minimum Gasteiger partial charge on any atom is -0.424 e. The van der Waals surface area contributed by atoms with E-state index in [9.17, 15) is 4.79 Å². The van der Waals surface area contributed by atoms with E-state index in [0.29, 0.717) is 18.4 Å². The summed E-state index contributed by atoms with van der Waals surface area (Å²) in [4.78, 5) is 16.5. The van der Waals surface area contributed by atoms with Gasteiger partial charge in [0.2, 0.25) is 11.8 Å². The number of amides is 1. The van der Waals surface area contributed by atoms with Crippen molar-refractivity contribution >= 4 is 17.2 Å². The van der Waals surface area contributed by atoms with Gasteiger partial charge in [-0.3, -0.25) is 9.69 Å². The molecule has 1 aliphatic carbocycles. The Morgan fingerprint density at radius 2 is 2.09 bits per heavy atom. The first-order valence-corrected chi connectivity index (χ1v) is 8.60. The normalized spacial score (nSPS) is 19.5. The van der Waals surface area contributed by atoms with Crippen LogP contribution in [0, 0.1) is 0 Å². The minimum absolute atomic E-state index is 0.134. The van der Waals surface area contributed by atoms with Gasteiger partial charge in [0.15, 0.2) is 0 Å². The third-order valence-corrected chi connectivity index (χ3v) is 4.88. The van der Waals surface area contributed by atoms with Gasteiger partial charge in [-0.25, -0.2) is 0 Å². The molecule has 0 N–H and O–H groups in total. The maximum absolute atomic E-state index is 12.3. The quantitative estimate of drug-likeness (QED) is 0.862. The fourth-order valence-corrected chi connectivity index (χ4v) is 3.32. The predicted octanol–water partition coefficient (Wildman–Crippen LogP) is 1.97. The summed E-state index contributed by atoms with van der Waals surface area (Å²) in [5, 5.41) is 12.1. The van der Waals surface area contributed by atoms with Crippen molar-refractivity contribution in [3.05, 3.63) is 34.2 Å². The van der Waals surface area contributed by atoms with Gasteiger partial charge in [0.1, 0.15) is 0 Å². The number of rotatable bonds is 4. The fraction of sp³-hybridized carbons (Fsp3) is 0.533. The van der Waals surface area contributed by atoms with Gasteiger partial charge >= 0.3 is 0 Å². The third kappa shape index (κ3) is 2.91. The first-order chi connectivity index (χ1) is 10.8. The molecule has 0 bridgehead atoms. The molecule has 1 saturated heterocycles. The van der Waals surface area contributed by atoms with Gasteiger partial charge in [-0.15, -0.1) is 10.2 Å². The Balaban J connectivity index is 1.30. The van der Waals surface area contributed by atoms with Crippen molar-refractivity contribution in [3.63, 3.8) is 0 Å². The van der Waals surface area contributed by atoms with Crippen molar-refractivity contribution < 1.29 is 9.21 Å². The lowest BCUT2D eigenvalue weighted by Gasteiger charge is -2.33. The van der Waals surface area contributed by atoms with Crippen molar-refractivity contribution in [2.45, 2.75) is 25.3 Å². The largest absolute Gasteiger partial charge is 0.424 e. The molecular weight excluding hydrogens is 300 g/mol. The van der Waals surface area contributed by atoms with Gasteiger partial charge in [0.25, 0.3) is 5.91 Å². The van der Waals surface area contributed by atoms with E-state index in [1.165, 1.54) is 12.8 Å². The van der Waals surface area contributed by atoms with Crippen LogP contribution in [0.5, 0.6) is 0 Å². The van der Waals surface area contributed by atoms with Crippen LogP contribution < -0.4 is 0 Å². The molecule has 2 aliphatic rings. The van der Waals surface area contributed by atoms with E-state index in [-0.39, 0.29) is 5.91 Å². The summed E-state index contributed by atoms with van der Waals surface area (Å²) in [5.41, 5.74) is 0.796. The average Bonchev–Trinajstić information content (AvgIpc) is 3.06. The van der Waals surface area contributed by atoms with Crippen LogP contribution in [0.2, 0.25) is 0 Å². The lowest BCUT2D eigenvalue weighted by atomic mass is 10.2. The summed E-state index contributed by atoms with van der Waals surface area (Å²) in [6.07, 6.45) is 2.34. The smallest absolute Gasteiger partial charge is 0.254 e. The zero-order valence-corrected chi connectivity index (χ0v) is 13.1. The van der Waals surface area contributed by atoms with Gasteiger partial charge in [0, 0.05) is 37.5 Å². The Hall–Kier alpha value is -1.73. The highest BCUT2D eigenvalue weighted by Crippen LogP contribution is 2.39. The molecule has 22 heavy (non-hydrogen) atoms. The van der Waals surface area contributed by atoms with Gasteiger partial charge in [-0.05, 0) is 24.3 Å². The van der Waals surface area contributed by atoms with Crippen LogP contribution in [-0.4, -0.2) is 52.1 Å². The van der Waals surface area contributed by atoms with Crippen molar-refractivity contribution in [3.8, 4) is 0 Å². The number of carbonyl (C=O) groups excluding carboxylic acids is 1. The monoisotopic (exact) mass is 318 g/mol. The van der Waals surface area contributed by atoms with Crippen molar-refractivity contribution in [2.75, 3.05) is 26.2 Å². The minimum atomic E-state index is 0.134. The summed E-state index contributed by atoms with van der Waals surface area (Å²) in [6, 6.07) is 1.89. The Morgan fingerprint density at radius 1 is 1.27 bits per heavy atom. The van der Waals surface area contributed by atoms with Crippen molar-refractivity contribution in [1.82, 2.24) is 20.0 Å². The lowest BCUT2D eigenvalue weighted by molar-refractivity contribution is 0.0618. The highest BCUT2D eigenvalue weighted by molar-refractivity contribution is 7.08. The van der Waals surface area contributed by atoms with Crippen LogP contribution in [0.4, 0.5) is 0 Å². The third-order valence-electron chi connectivity index (χ3n) is 4.20. The highest BCUT2D eigenvalue weighted by Gasteiger charge is 2.30. The van der Waals surface area contributed by atoms with Gasteiger partial charge in [0.05, 0.1) is 12.1 Å². The second-order valence-electron chi connectivity index (χ2n) is 5.89. The summed E-state index contributed by atoms with van der Waals surface area (Å²) in [6.45, 7) is 3.87. The fourth-order valence-electron chi connectivity index (χ4n) is 2.69. The molecule has 116 valence electrons. The van der Waals surface area contributed by atoms with Crippen LogP contribution in [-0.2, 0) is 6.54 Å². The van der Waals surface area contributed by atoms with Crippen LogP contribution in [0.25, 0.3) is 0 Å². The van der Waals surface area contributed by atoms with Crippen LogP contribution in [0.1, 0.15) is 40.9 Å². The van der Waals surface area contributed by atoms with E-state index in [1.807, 2.05) is 21.7 Å². The van der Waals surface area contributed by atoms with Crippen molar-refractivity contribution in [1.29, 1.82) is 0 Å². The van der Waals surface area contributed by atoms with E-state index >= 15 is 0 Å². The molecule has 0 aromatic carbocycles. The number of carbonyl (C=O) groups is 1. The topological polar surface area (TPSA) is 62.5 Å². The van der Waals surface area contributed by atoms with Gasteiger partial charge in [-0.1, -0.05) is 0 Å². The zero-order valence-electron chi connectivity index (χ0n) is 12.3. The van der Waals surface area contributed by atoms with Crippen LogP contribution >= 0.6 is 11.3 Å². The lowest BCUT2D eigenvalue weighted by Crippen LogP contribution is -2.48. The number of piperazine rings is 1. The molecule has 2 aromatic rings. The molecule has 0 atom stereocenters. The average molecular weight is 318 g/mol. The highest BCUT2D eigenvalue weighted by atomic mass is 32.1. The molecule has 6 nitrogen and oxygen atoms in total. The van der Waals surface area contributed by atoms with E-state index in [2.05, 4.69) is 15.1 Å². The molecule has 1 saturated carbocycles. The number of thiophene rings is 1. The first-order valence-electron chi connectivity index (χ1n) is 7.66. The second kappa shape index (κ2) is 5.81. The molecule has 0 unspecified atom stereocenters. The Labute approximate surface area is 132 Å². The molecule has 0 radical (unpaired) electrons. The molecule has 0 spiro atoms. The van der Waals surface area contributed by atoms with E-state index in [4.69, 9.17) is 4.42 Å². The zero-order chi connectivity index (χ0) is 14.9. The van der Waals surface area contributed by atoms with Crippen molar-refractivity contribution in [2.24, 2.45) is 0 Å². The van der Waals surface area contributed by atoms with Crippen LogP contribution in [0.15, 0.2) is 21.2 Å². The van der Waals surface area contributed by atoms with E-state index in [0.717, 1.165) is 37.6 Å². The summed E-state index contributed by atoms with van der Waals surface area (Å²) >= 11 is 1.56. The molecule has 7 heteroatoms. The molecule has 2 fully saturated rings. The standard InChI is InChI=1S/C15H18N4O2S/c20-15(12-3-8-22-10-12)19-6-4-18(5-7-19)9-13-16-17-14(21-13)11-1-2-11/h3,8,10-11H,1-2,4-7,9H2. The molecule has 2 aromatic heterocycles. The van der Waals surface area contributed by atoms with Crippen LogP contribution in [0.3, 0.4) is 0 Å². The number of aromatic nitrogens is 2. The van der Waals surface area contributed by atoms with E-state index in [1.54, 1.807) is 11.3 Å². The maximum Gasteiger partial charge on any atom is 0.254 e. The first kappa shape index (κ1) is 13.9. The SMILES string of the molecule is O=C(c1ccsc1)N1CCN(Cc2nnc(C3CC3)o2)CC1. The summed E-state index contributed by atoms with van der Waals surface area (Å²) < 4.78 is 5.70. The molecule has 4 rings (SSSR count). The number of nitrogens with zero attached hydrogens (tertiary/aromatic N) is 4. The summed E-state index contributed by atoms with van der Waals surface area (Å²) in [5.74, 6) is 2.12. The predicted molar refractivity (Wildman–Crippen MR) is 81.8 cm³/mol. The second-order valence-corrected chi connectivity index (χ2v) is 6.67. The molecular formula is C15H18N4O2S. The Bertz CT molecular complexity index is 642. The van der Waals surface area contributed by atoms with Gasteiger partial charge in [-0.2, -0.15) is 11.3 Å². The number of hydrogen-bond donors (Lipinski definition) is 0. The van der Waals surface area contributed by atoms with Gasteiger partial charge < -0.3 is 9.32 Å². The Kier molecular flexibility index (Phi) is 3.67. The number of hydrogen-bond acceptors (Lipinski definition) is 6. The maximum atomic E-state index is 12.3. The molecule has 1 amide bonds. The summed E-state index contributed by atoms with van der Waals surface area (Å²) in [7, 11) is 0.